The number of hydrogen-bond donors (Lipinski definition) is 1. The molecule has 2 rings (SSSR count). The molecule has 1 unspecified atom stereocenters. The van der Waals surface area contributed by atoms with Crippen molar-refractivity contribution in [3.05, 3.63) is 22.7 Å². The molecule has 0 aliphatic heterocycles. The molecule has 1 aliphatic rings. The van der Waals surface area contributed by atoms with Crippen molar-refractivity contribution in [3.8, 4) is 5.75 Å². The fourth-order valence-electron chi connectivity index (χ4n) is 1.73. The molecule has 1 N–H and O–H groups in total. The molecule has 2 nitrogen and oxygen atoms in total. The van der Waals surface area contributed by atoms with Gasteiger partial charge in [-0.1, -0.05) is 0 Å². The van der Waals surface area contributed by atoms with Crippen molar-refractivity contribution in [3.63, 3.8) is 0 Å². The first-order chi connectivity index (χ1) is 7.20. The third-order valence-electron chi connectivity index (χ3n) is 2.87. The Morgan fingerprint density at radius 2 is 2.20 bits per heavy atom. The van der Waals surface area contributed by atoms with Crippen molar-refractivity contribution in [2.45, 2.75) is 25.8 Å². The fourth-order valence-corrected chi connectivity index (χ4v) is 2.14. The first-order valence-electron chi connectivity index (χ1n) is 5.31. The third kappa shape index (κ3) is 2.65. The molecule has 0 spiro atoms. The van der Waals surface area contributed by atoms with Crippen LogP contribution in [0.2, 0.25) is 0 Å². The quantitative estimate of drug-likeness (QED) is 0.901. The summed E-state index contributed by atoms with van der Waals surface area (Å²) >= 11 is 3.45. The standard InChI is InChI=1S/C12H16BrNO/c1-8(9-3-4-9)14-10-5-6-11(13)12(7-10)15-2/h5-9,14H,3-4H2,1-2H3. The van der Waals surface area contributed by atoms with Crippen LogP contribution in [0.1, 0.15) is 19.8 Å². The molecule has 0 aromatic heterocycles. The molecule has 0 amide bonds. The smallest absolute Gasteiger partial charge is 0.135 e. The Kier molecular flexibility index (Phi) is 3.19. The van der Waals surface area contributed by atoms with Gasteiger partial charge in [0.25, 0.3) is 0 Å². The van der Waals surface area contributed by atoms with Gasteiger partial charge in [-0.3, -0.25) is 0 Å². The number of nitrogens with one attached hydrogen (secondary N) is 1. The molecule has 0 bridgehead atoms. The predicted octanol–water partition coefficient (Wildman–Crippen LogP) is 3.67. The van der Waals surface area contributed by atoms with Crippen LogP contribution in [0, 0.1) is 5.92 Å². The number of hydrogen-bond acceptors (Lipinski definition) is 2. The minimum atomic E-state index is 0.566. The fraction of sp³-hybridized carbons (Fsp3) is 0.500. The molecule has 0 heterocycles. The SMILES string of the molecule is COc1cc(NC(C)C2CC2)ccc1Br. The van der Waals surface area contributed by atoms with Crippen LogP contribution in [-0.2, 0) is 0 Å². The van der Waals surface area contributed by atoms with Crippen molar-refractivity contribution >= 4 is 21.6 Å². The van der Waals surface area contributed by atoms with E-state index in [1.54, 1.807) is 7.11 Å². The van der Waals surface area contributed by atoms with Gasteiger partial charge in [-0.25, -0.2) is 0 Å². The summed E-state index contributed by atoms with van der Waals surface area (Å²) in [6.07, 6.45) is 2.73. The lowest BCUT2D eigenvalue weighted by Gasteiger charge is -2.15. The van der Waals surface area contributed by atoms with E-state index in [1.807, 2.05) is 12.1 Å². The van der Waals surface area contributed by atoms with Gasteiger partial charge in [-0.2, -0.15) is 0 Å². The normalized spacial score (nSPS) is 17.3. The molecular weight excluding hydrogens is 254 g/mol. The van der Waals surface area contributed by atoms with Crippen molar-refractivity contribution in [2.75, 3.05) is 12.4 Å². The summed E-state index contributed by atoms with van der Waals surface area (Å²) in [6, 6.07) is 6.69. The van der Waals surface area contributed by atoms with E-state index in [1.165, 1.54) is 12.8 Å². The molecule has 15 heavy (non-hydrogen) atoms. The third-order valence-corrected chi connectivity index (χ3v) is 3.53. The average molecular weight is 270 g/mol. The van der Waals surface area contributed by atoms with E-state index in [0.29, 0.717) is 6.04 Å². The molecule has 3 heteroatoms. The van der Waals surface area contributed by atoms with Gasteiger partial charge in [0.05, 0.1) is 11.6 Å². The van der Waals surface area contributed by atoms with E-state index in [0.717, 1.165) is 21.8 Å². The Morgan fingerprint density at radius 1 is 1.47 bits per heavy atom. The highest BCUT2D eigenvalue weighted by Gasteiger charge is 2.27. The Labute approximate surface area is 99.1 Å². The Morgan fingerprint density at radius 3 is 2.80 bits per heavy atom. The minimum absolute atomic E-state index is 0.566. The van der Waals surface area contributed by atoms with Gasteiger partial charge in [0.2, 0.25) is 0 Å². The number of anilines is 1. The number of benzene rings is 1. The maximum absolute atomic E-state index is 5.26. The molecule has 1 fully saturated rings. The van der Waals surface area contributed by atoms with Crippen molar-refractivity contribution < 1.29 is 4.74 Å². The summed E-state index contributed by atoms with van der Waals surface area (Å²) in [6.45, 7) is 2.24. The number of rotatable bonds is 4. The van der Waals surface area contributed by atoms with Crippen molar-refractivity contribution in [1.29, 1.82) is 0 Å². The largest absolute Gasteiger partial charge is 0.495 e. The summed E-state index contributed by atoms with van der Waals surface area (Å²) in [5.41, 5.74) is 1.13. The highest BCUT2D eigenvalue weighted by Crippen LogP contribution is 2.35. The Bertz CT molecular complexity index is 349. The van der Waals surface area contributed by atoms with Crippen LogP contribution in [0.25, 0.3) is 0 Å². The van der Waals surface area contributed by atoms with E-state index < -0.39 is 0 Å². The summed E-state index contributed by atoms with van der Waals surface area (Å²) in [5.74, 6) is 1.74. The van der Waals surface area contributed by atoms with E-state index in [9.17, 15) is 0 Å². The molecule has 1 aromatic rings. The Hall–Kier alpha value is -0.700. The molecule has 1 aromatic carbocycles. The maximum Gasteiger partial charge on any atom is 0.135 e. The second-order valence-electron chi connectivity index (χ2n) is 4.12. The van der Waals surface area contributed by atoms with Crippen LogP contribution >= 0.6 is 15.9 Å². The van der Waals surface area contributed by atoms with Crippen LogP contribution in [0.15, 0.2) is 22.7 Å². The molecular formula is C12H16BrNO. The molecule has 1 saturated carbocycles. The second-order valence-corrected chi connectivity index (χ2v) is 4.97. The zero-order valence-corrected chi connectivity index (χ0v) is 10.7. The lowest BCUT2D eigenvalue weighted by atomic mass is 10.2. The lowest BCUT2D eigenvalue weighted by Crippen LogP contribution is -2.17. The summed E-state index contributed by atoms with van der Waals surface area (Å²) in [5, 5.41) is 3.50. The summed E-state index contributed by atoms with van der Waals surface area (Å²) in [7, 11) is 1.69. The van der Waals surface area contributed by atoms with Crippen LogP contribution < -0.4 is 10.1 Å². The van der Waals surface area contributed by atoms with Gasteiger partial charge in [0.1, 0.15) is 5.75 Å². The lowest BCUT2D eigenvalue weighted by molar-refractivity contribution is 0.412. The highest BCUT2D eigenvalue weighted by atomic mass is 79.9. The summed E-state index contributed by atoms with van der Waals surface area (Å²) < 4.78 is 6.25. The molecule has 0 radical (unpaired) electrons. The first kappa shape index (κ1) is 10.8. The monoisotopic (exact) mass is 269 g/mol. The number of methoxy groups -OCH3 is 1. The maximum atomic E-state index is 5.26. The molecule has 1 aliphatic carbocycles. The topological polar surface area (TPSA) is 21.3 Å². The Balaban J connectivity index is 2.07. The zero-order valence-electron chi connectivity index (χ0n) is 9.09. The van der Waals surface area contributed by atoms with E-state index in [2.05, 4.69) is 34.2 Å². The first-order valence-corrected chi connectivity index (χ1v) is 6.10. The molecule has 1 atom stereocenters. The second kappa shape index (κ2) is 4.44. The predicted molar refractivity (Wildman–Crippen MR) is 66.5 cm³/mol. The molecule has 0 saturated heterocycles. The van der Waals surface area contributed by atoms with Gasteiger partial charge in [-0.05, 0) is 53.7 Å². The zero-order chi connectivity index (χ0) is 10.8. The van der Waals surface area contributed by atoms with Gasteiger partial charge in [0, 0.05) is 17.8 Å². The van der Waals surface area contributed by atoms with Crippen molar-refractivity contribution in [1.82, 2.24) is 0 Å². The van der Waals surface area contributed by atoms with Crippen molar-refractivity contribution in [2.24, 2.45) is 5.92 Å². The van der Waals surface area contributed by atoms with E-state index >= 15 is 0 Å². The number of halogens is 1. The van der Waals surface area contributed by atoms with Crippen LogP contribution in [-0.4, -0.2) is 13.2 Å². The van der Waals surface area contributed by atoms with Crippen LogP contribution in [0.3, 0.4) is 0 Å². The van der Waals surface area contributed by atoms with Crippen LogP contribution in [0.4, 0.5) is 5.69 Å². The molecule has 82 valence electrons. The average Bonchev–Trinajstić information content (AvgIpc) is 3.04. The summed E-state index contributed by atoms with van der Waals surface area (Å²) in [4.78, 5) is 0. The van der Waals surface area contributed by atoms with Gasteiger partial charge >= 0.3 is 0 Å². The highest BCUT2D eigenvalue weighted by molar-refractivity contribution is 9.10. The van der Waals surface area contributed by atoms with Crippen LogP contribution in [0.5, 0.6) is 5.75 Å². The minimum Gasteiger partial charge on any atom is -0.495 e. The number of ether oxygens (including phenoxy) is 1. The van der Waals surface area contributed by atoms with Gasteiger partial charge in [-0.15, -0.1) is 0 Å². The van der Waals surface area contributed by atoms with Gasteiger partial charge < -0.3 is 10.1 Å². The van der Waals surface area contributed by atoms with E-state index in [-0.39, 0.29) is 0 Å². The van der Waals surface area contributed by atoms with E-state index in [4.69, 9.17) is 4.74 Å². The van der Waals surface area contributed by atoms with Gasteiger partial charge in [0.15, 0.2) is 0 Å².